The molecule has 0 radical (unpaired) electrons. The zero-order chi connectivity index (χ0) is 20.9. The molecule has 0 spiro atoms. The lowest BCUT2D eigenvalue weighted by atomic mass is 10.1. The molecule has 0 aromatic heterocycles. The van der Waals surface area contributed by atoms with Gasteiger partial charge in [-0.25, -0.2) is 4.79 Å². The SMILES string of the molecule is O=C(Nc1cc(C(F)(F)F)ccc1Oc1ccc(Br)cc1)OCc1ccccc1. The van der Waals surface area contributed by atoms with Crippen LogP contribution in [-0.2, 0) is 17.5 Å². The second-order valence-electron chi connectivity index (χ2n) is 5.95. The van der Waals surface area contributed by atoms with E-state index in [9.17, 15) is 18.0 Å². The Hall–Kier alpha value is -3.00. The molecule has 0 fully saturated rings. The molecular weight excluding hydrogens is 451 g/mol. The minimum Gasteiger partial charge on any atom is -0.455 e. The van der Waals surface area contributed by atoms with Crippen LogP contribution in [0.4, 0.5) is 23.7 Å². The molecule has 29 heavy (non-hydrogen) atoms. The molecule has 3 aromatic carbocycles. The molecule has 0 saturated heterocycles. The Balaban J connectivity index is 1.79. The molecule has 1 amide bonds. The van der Waals surface area contributed by atoms with E-state index in [1.807, 2.05) is 6.07 Å². The van der Waals surface area contributed by atoms with E-state index in [0.29, 0.717) is 5.75 Å². The highest BCUT2D eigenvalue weighted by Gasteiger charge is 2.31. The number of carbonyl (C=O) groups excluding carboxylic acids is 1. The summed E-state index contributed by atoms with van der Waals surface area (Å²) in [5, 5.41) is 2.33. The van der Waals surface area contributed by atoms with Crippen LogP contribution in [0.2, 0.25) is 0 Å². The molecule has 0 aliphatic rings. The summed E-state index contributed by atoms with van der Waals surface area (Å²) in [4.78, 5) is 12.1. The van der Waals surface area contributed by atoms with Gasteiger partial charge in [0.05, 0.1) is 11.3 Å². The maximum Gasteiger partial charge on any atom is 0.416 e. The number of hydrogen-bond donors (Lipinski definition) is 1. The average Bonchev–Trinajstić information content (AvgIpc) is 2.69. The first-order valence-corrected chi connectivity index (χ1v) is 9.23. The van der Waals surface area contributed by atoms with Crippen molar-refractivity contribution < 1.29 is 27.4 Å². The Bertz CT molecular complexity index is 977. The van der Waals surface area contributed by atoms with Crippen molar-refractivity contribution >= 4 is 27.7 Å². The van der Waals surface area contributed by atoms with Gasteiger partial charge in [0.1, 0.15) is 12.4 Å². The number of halogens is 4. The number of ether oxygens (including phenoxy) is 2. The highest BCUT2D eigenvalue weighted by atomic mass is 79.9. The highest BCUT2D eigenvalue weighted by molar-refractivity contribution is 9.10. The van der Waals surface area contributed by atoms with Crippen LogP contribution in [0.15, 0.2) is 77.3 Å². The maximum atomic E-state index is 13.1. The molecule has 0 bridgehead atoms. The summed E-state index contributed by atoms with van der Waals surface area (Å²) in [6, 6.07) is 18.5. The molecule has 0 aliphatic carbocycles. The van der Waals surface area contributed by atoms with Crippen LogP contribution >= 0.6 is 15.9 Å². The van der Waals surface area contributed by atoms with E-state index in [1.165, 1.54) is 0 Å². The van der Waals surface area contributed by atoms with Crippen LogP contribution in [0.5, 0.6) is 11.5 Å². The zero-order valence-corrected chi connectivity index (χ0v) is 16.5. The number of amides is 1. The van der Waals surface area contributed by atoms with Crippen LogP contribution in [0.3, 0.4) is 0 Å². The molecule has 0 heterocycles. The Morgan fingerprint density at radius 2 is 1.66 bits per heavy atom. The maximum absolute atomic E-state index is 13.1. The van der Waals surface area contributed by atoms with Gasteiger partial charge in [-0.1, -0.05) is 46.3 Å². The number of anilines is 1. The van der Waals surface area contributed by atoms with E-state index in [0.717, 1.165) is 28.2 Å². The normalized spacial score (nSPS) is 11.0. The minimum atomic E-state index is -4.57. The van der Waals surface area contributed by atoms with Crippen LogP contribution in [0.1, 0.15) is 11.1 Å². The molecular formula is C21H15BrF3NO3. The Kier molecular flexibility index (Phi) is 6.43. The van der Waals surface area contributed by atoms with Gasteiger partial charge in [0, 0.05) is 4.47 Å². The Morgan fingerprint density at radius 1 is 0.966 bits per heavy atom. The molecule has 1 N–H and O–H groups in total. The number of carbonyl (C=O) groups is 1. The first-order chi connectivity index (χ1) is 13.8. The van der Waals surface area contributed by atoms with Gasteiger partial charge in [0.2, 0.25) is 0 Å². The molecule has 4 nitrogen and oxygen atoms in total. The lowest BCUT2D eigenvalue weighted by molar-refractivity contribution is -0.137. The van der Waals surface area contributed by atoms with Crippen LogP contribution < -0.4 is 10.1 Å². The second kappa shape index (κ2) is 9.00. The summed E-state index contributed by atoms with van der Waals surface area (Å²) in [6.45, 7) is -0.0193. The lowest BCUT2D eigenvalue weighted by Gasteiger charge is -2.15. The van der Waals surface area contributed by atoms with Crippen molar-refractivity contribution in [1.29, 1.82) is 0 Å². The molecule has 0 aliphatic heterocycles. The van der Waals surface area contributed by atoms with Crippen LogP contribution in [0.25, 0.3) is 0 Å². The zero-order valence-electron chi connectivity index (χ0n) is 14.9. The van der Waals surface area contributed by atoms with E-state index < -0.39 is 17.8 Å². The molecule has 150 valence electrons. The van der Waals surface area contributed by atoms with E-state index in [4.69, 9.17) is 9.47 Å². The van der Waals surface area contributed by atoms with Gasteiger partial charge in [-0.3, -0.25) is 5.32 Å². The predicted octanol–water partition coefficient (Wildman–Crippen LogP) is 7.01. The predicted molar refractivity (Wildman–Crippen MR) is 106 cm³/mol. The van der Waals surface area contributed by atoms with Crippen molar-refractivity contribution in [3.8, 4) is 11.5 Å². The number of nitrogens with one attached hydrogen (secondary N) is 1. The van der Waals surface area contributed by atoms with Gasteiger partial charge in [-0.2, -0.15) is 13.2 Å². The van der Waals surface area contributed by atoms with Gasteiger partial charge >= 0.3 is 12.3 Å². The summed E-state index contributed by atoms with van der Waals surface area (Å²) in [5.74, 6) is 0.450. The monoisotopic (exact) mass is 465 g/mol. The number of hydrogen-bond acceptors (Lipinski definition) is 3. The summed E-state index contributed by atoms with van der Waals surface area (Å²) in [7, 11) is 0. The second-order valence-corrected chi connectivity index (χ2v) is 6.87. The van der Waals surface area contributed by atoms with Crippen molar-refractivity contribution in [1.82, 2.24) is 0 Å². The van der Waals surface area contributed by atoms with E-state index in [2.05, 4.69) is 21.2 Å². The number of rotatable bonds is 5. The van der Waals surface area contributed by atoms with Crippen LogP contribution in [0, 0.1) is 0 Å². The van der Waals surface area contributed by atoms with E-state index in [1.54, 1.807) is 48.5 Å². The molecule has 0 unspecified atom stereocenters. The molecule has 8 heteroatoms. The fourth-order valence-corrected chi connectivity index (χ4v) is 2.66. The van der Waals surface area contributed by atoms with Gasteiger partial charge in [0.25, 0.3) is 0 Å². The summed E-state index contributed by atoms with van der Waals surface area (Å²) in [6.07, 6.45) is -5.46. The van der Waals surface area contributed by atoms with Crippen molar-refractivity contribution in [2.24, 2.45) is 0 Å². The Labute approximate surface area is 173 Å². The first-order valence-electron chi connectivity index (χ1n) is 8.43. The summed E-state index contributed by atoms with van der Waals surface area (Å²) in [5.41, 5.74) is -0.321. The third kappa shape index (κ3) is 5.99. The average molecular weight is 466 g/mol. The van der Waals surface area contributed by atoms with Gasteiger partial charge < -0.3 is 9.47 Å². The fraction of sp³-hybridized carbons (Fsp3) is 0.0952. The summed E-state index contributed by atoms with van der Waals surface area (Å²) >= 11 is 3.29. The van der Waals surface area contributed by atoms with Crippen molar-refractivity contribution in [3.05, 3.63) is 88.4 Å². The van der Waals surface area contributed by atoms with Crippen LogP contribution in [-0.4, -0.2) is 6.09 Å². The number of benzene rings is 3. The van der Waals surface area contributed by atoms with Crippen molar-refractivity contribution in [2.45, 2.75) is 12.8 Å². The summed E-state index contributed by atoms with van der Waals surface area (Å²) < 4.78 is 50.8. The van der Waals surface area contributed by atoms with E-state index in [-0.39, 0.29) is 18.0 Å². The highest BCUT2D eigenvalue weighted by Crippen LogP contribution is 2.37. The standard InChI is InChI=1S/C21H15BrF3NO3/c22-16-7-9-17(10-8-16)29-19-11-6-15(21(23,24)25)12-18(19)26-20(27)28-13-14-4-2-1-3-5-14/h1-12H,13H2,(H,26,27). The molecule has 0 saturated carbocycles. The lowest BCUT2D eigenvalue weighted by Crippen LogP contribution is -2.15. The molecule has 3 rings (SSSR count). The van der Waals surface area contributed by atoms with Crippen molar-refractivity contribution in [2.75, 3.05) is 5.32 Å². The van der Waals surface area contributed by atoms with Gasteiger partial charge in [-0.15, -0.1) is 0 Å². The smallest absolute Gasteiger partial charge is 0.416 e. The van der Waals surface area contributed by atoms with Gasteiger partial charge in [0.15, 0.2) is 5.75 Å². The topological polar surface area (TPSA) is 47.6 Å². The van der Waals surface area contributed by atoms with E-state index >= 15 is 0 Å². The van der Waals surface area contributed by atoms with Crippen molar-refractivity contribution in [3.63, 3.8) is 0 Å². The fourth-order valence-electron chi connectivity index (χ4n) is 2.39. The minimum absolute atomic E-state index is 0.0193. The molecule has 3 aromatic rings. The van der Waals surface area contributed by atoms with Gasteiger partial charge in [-0.05, 0) is 48.0 Å². The number of alkyl halides is 3. The molecule has 0 atom stereocenters. The Morgan fingerprint density at radius 3 is 2.31 bits per heavy atom. The third-order valence-electron chi connectivity index (χ3n) is 3.80. The quantitative estimate of drug-likeness (QED) is 0.440. The third-order valence-corrected chi connectivity index (χ3v) is 4.33. The first kappa shape index (κ1) is 20.7. The largest absolute Gasteiger partial charge is 0.455 e.